The smallest absolute Gasteiger partial charge is 0.306 e. The van der Waals surface area contributed by atoms with Crippen molar-refractivity contribution in [1.82, 2.24) is 0 Å². The molecule has 0 bridgehead atoms. The molecule has 0 aliphatic carbocycles. The Morgan fingerprint density at radius 1 is 0.551 bits per heavy atom. The van der Waals surface area contributed by atoms with Gasteiger partial charge in [0.1, 0.15) is 31.0 Å². The lowest BCUT2D eigenvalue weighted by Gasteiger charge is -2.39. The van der Waals surface area contributed by atoms with Crippen LogP contribution >= 0.6 is 0 Å². The average molecular weight is 703 g/mol. The molecule has 0 saturated carbocycles. The number of carbonyl (C=O) groups excluding carboxylic acids is 2. The van der Waals surface area contributed by atoms with Gasteiger partial charge in [0, 0.05) is 12.8 Å². The largest absolute Gasteiger partial charge is 0.462 e. The van der Waals surface area contributed by atoms with Gasteiger partial charge in [0.05, 0.1) is 13.2 Å². The third-order valence-electron chi connectivity index (χ3n) is 9.49. The maximum absolute atomic E-state index is 12.7. The third kappa shape index (κ3) is 23.7. The highest BCUT2D eigenvalue weighted by atomic mass is 16.7. The number of carbonyl (C=O) groups is 2. The number of esters is 2. The predicted molar refractivity (Wildman–Crippen MR) is 192 cm³/mol. The normalized spacial score (nSPS) is 21.5. The summed E-state index contributed by atoms with van der Waals surface area (Å²) in [6.45, 7) is 3.40. The van der Waals surface area contributed by atoms with E-state index in [-0.39, 0.29) is 32.0 Å². The van der Waals surface area contributed by atoms with E-state index in [9.17, 15) is 30.0 Å². The van der Waals surface area contributed by atoms with E-state index in [1.54, 1.807) is 0 Å². The molecule has 0 aromatic rings. The first-order valence-corrected chi connectivity index (χ1v) is 20.1. The van der Waals surface area contributed by atoms with Gasteiger partial charge in [-0.2, -0.15) is 0 Å². The molecule has 1 heterocycles. The summed E-state index contributed by atoms with van der Waals surface area (Å²) in [5.41, 5.74) is 0. The van der Waals surface area contributed by atoms with Gasteiger partial charge >= 0.3 is 11.9 Å². The monoisotopic (exact) mass is 703 g/mol. The van der Waals surface area contributed by atoms with Crippen LogP contribution in [0.5, 0.6) is 0 Å². The lowest BCUT2D eigenvalue weighted by molar-refractivity contribution is -0.305. The fraction of sp³-hybridized carbons (Fsp3) is 0.949. The molecule has 10 nitrogen and oxygen atoms in total. The van der Waals surface area contributed by atoms with Crippen LogP contribution < -0.4 is 0 Å². The standard InChI is InChI=1S/C39H74O10/c1-3-5-7-9-11-13-14-15-16-17-18-20-22-24-26-28-35(42)48-32(31-47-39-38(45)37(44)36(43)33(29-40)49-39)30-46-34(41)27-25-23-21-19-12-10-8-6-4-2/h32-33,36-40,43-45H,3-31H2,1-2H3/t32-,33-,36+,37?,38?,39-/m1/s1. The third-order valence-corrected chi connectivity index (χ3v) is 9.49. The Hall–Kier alpha value is -1.30. The van der Waals surface area contributed by atoms with E-state index in [0.29, 0.717) is 6.42 Å². The van der Waals surface area contributed by atoms with E-state index >= 15 is 0 Å². The Bertz CT molecular complexity index is 779. The Labute approximate surface area is 298 Å². The number of hydrogen-bond acceptors (Lipinski definition) is 10. The molecule has 2 unspecified atom stereocenters. The first kappa shape index (κ1) is 45.7. The second-order valence-electron chi connectivity index (χ2n) is 14.1. The second kappa shape index (κ2) is 31.4. The summed E-state index contributed by atoms with van der Waals surface area (Å²) in [4.78, 5) is 25.1. The zero-order valence-corrected chi connectivity index (χ0v) is 31.2. The number of ether oxygens (including phenoxy) is 4. The van der Waals surface area contributed by atoms with Gasteiger partial charge in [-0.3, -0.25) is 9.59 Å². The van der Waals surface area contributed by atoms with Crippen LogP contribution in [0, 0.1) is 0 Å². The number of hydrogen-bond donors (Lipinski definition) is 4. The molecule has 0 radical (unpaired) electrons. The molecule has 290 valence electrons. The molecule has 1 aliphatic heterocycles. The van der Waals surface area contributed by atoms with Gasteiger partial charge in [-0.15, -0.1) is 0 Å². The molecule has 1 aliphatic rings. The number of unbranched alkanes of at least 4 members (excludes halogenated alkanes) is 22. The first-order valence-electron chi connectivity index (χ1n) is 20.1. The molecule has 49 heavy (non-hydrogen) atoms. The van der Waals surface area contributed by atoms with Gasteiger partial charge < -0.3 is 39.4 Å². The van der Waals surface area contributed by atoms with Crippen molar-refractivity contribution in [3.63, 3.8) is 0 Å². The predicted octanol–water partition coefficient (Wildman–Crippen LogP) is 7.44. The molecule has 0 spiro atoms. The zero-order chi connectivity index (χ0) is 36.0. The van der Waals surface area contributed by atoms with E-state index in [0.717, 1.165) is 38.5 Å². The van der Waals surface area contributed by atoms with Crippen molar-refractivity contribution in [2.45, 2.75) is 218 Å². The van der Waals surface area contributed by atoms with Crippen molar-refractivity contribution < 1.29 is 49.0 Å². The molecule has 0 aromatic heterocycles. The number of aliphatic hydroxyl groups is 4. The van der Waals surface area contributed by atoms with Crippen LogP contribution in [-0.2, 0) is 28.5 Å². The lowest BCUT2D eigenvalue weighted by atomic mass is 9.99. The first-order chi connectivity index (χ1) is 23.8. The van der Waals surface area contributed by atoms with Gasteiger partial charge in [0.25, 0.3) is 0 Å². The van der Waals surface area contributed by atoms with Crippen LogP contribution in [0.25, 0.3) is 0 Å². The summed E-state index contributed by atoms with van der Waals surface area (Å²) in [7, 11) is 0. The maximum Gasteiger partial charge on any atom is 0.306 e. The quantitative estimate of drug-likeness (QED) is 0.0401. The van der Waals surface area contributed by atoms with Gasteiger partial charge in [0.15, 0.2) is 12.4 Å². The fourth-order valence-corrected chi connectivity index (χ4v) is 6.25. The van der Waals surface area contributed by atoms with Gasteiger partial charge in [-0.25, -0.2) is 0 Å². The van der Waals surface area contributed by atoms with Crippen LogP contribution in [0.4, 0.5) is 0 Å². The van der Waals surface area contributed by atoms with Crippen LogP contribution in [-0.4, -0.2) is 89.0 Å². The Morgan fingerprint density at radius 2 is 0.959 bits per heavy atom. The summed E-state index contributed by atoms with van der Waals surface area (Å²) >= 11 is 0. The van der Waals surface area contributed by atoms with E-state index in [2.05, 4.69) is 13.8 Å². The van der Waals surface area contributed by atoms with Crippen LogP contribution in [0.15, 0.2) is 0 Å². The molecular formula is C39H74O10. The molecule has 0 amide bonds. The summed E-state index contributed by atoms with van der Waals surface area (Å²) in [5.74, 6) is -0.800. The summed E-state index contributed by atoms with van der Waals surface area (Å²) < 4.78 is 22.0. The SMILES string of the molecule is CCCCCCCCCCCCCCCCCC(=O)O[C@H](COC(=O)CCCCCCCCCCC)CO[C@@H]1O[C@H](CO)[C@H](O)C(O)C1O. The highest BCUT2D eigenvalue weighted by Crippen LogP contribution is 2.22. The highest BCUT2D eigenvalue weighted by molar-refractivity contribution is 5.70. The molecule has 4 N–H and O–H groups in total. The Kier molecular flexibility index (Phi) is 29.3. The summed E-state index contributed by atoms with van der Waals surface area (Å²) in [6.07, 6.45) is 21.2. The van der Waals surface area contributed by atoms with Crippen LogP contribution in [0.3, 0.4) is 0 Å². The molecule has 0 aromatic carbocycles. The summed E-state index contributed by atoms with van der Waals surface area (Å²) in [6, 6.07) is 0. The van der Waals surface area contributed by atoms with Crippen molar-refractivity contribution in [3.05, 3.63) is 0 Å². The van der Waals surface area contributed by atoms with Gasteiger partial charge in [-0.1, -0.05) is 155 Å². The number of aliphatic hydroxyl groups excluding tert-OH is 4. The minimum atomic E-state index is -1.59. The highest BCUT2D eigenvalue weighted by Gasteiger charge is 2.44. The van der Waals surface area contributed by atoms with Crippen molar-refractivity contribution in [1.29, 1.82) is 0 Å². The second-order valence-corrected chi connectivity index (χ2v) is 14.1. The average Bonchev–Trinajstić information content (AvgIpc) is 3.10. The lowest BCUT2D eigenvalue weighted by Crippen LogP contribution is -2.59. The minimum Gasteiger partial charge on any atom is -0.462 e. The Balaban J connectivity index is 2.35. The minimum absolute atomic E-state index is 0.210. The van der Waals surface area contributed by atoms with Crippen molar-refractivity contribution in [2.75, 3.05) is 19.8 Å². The molecule has 10 heteroatoms. The maximum atomic E-state index is 12.7. The van der Waals surface area contributed by atoms with Crippen LogP contribution in [0.2, 0.25) is 0 Å². The molecule has 1 saturated heterocycles. The summed E-state index contributed by atoms with van der Waals surface area (Å²) in [5, 5.41) is 39.9. The van der Waals surface area contributed by atoms with Gasteiger partial charge in [0.2, 0.25) is 0 Å². The van der Waals surface area contributed by atoms with Gasteiger partial charge in [-0.05, 0) is 12.8 Å². The van der Waals surface area contributed by atoms with Crippen LogP contribution in [0.1, 0.15) is 181 Å². The molecule has 1 rings (SSSR count). The Morgan fingerprint density at radius 3 is 1.39 bits per heavy atom. The van der Waals surface area contributed by atoms with Crippen molar-refractivity contribution in [2.24, 2.45) is 0 Å². The van der Waals surface area contributed by atoms with Crippen molar-refractivity contribution in [3.8, 4) is 0 Å². The van der Waals surface area contributed by atoms with E-state index < -0.39 is 49.4 Å². The molecule has 6 atom stereocenters. The molecular weight excluding hydrogens is 628 g/mol. The molecule has 1 fully saturated rings. The fourth-order valence-electron chi connectivity index (χ4n) is 6.25. The topological polar surface area (TPSA) is 152 Å². The number of rotatable bonds is 33. The zero-order valence-electron chi connectivity index (χ0n) is 31.2. The van der Waals surface area contributed by atoms with E-state index in [1.807, 2.05) is 0 Å². The van der Waals surface area contributed by atoms with Crippen molar-refractivity contribution >= 4 is 11.9 Å². The van der Waals surface area contributed by atoms with E-state index in [1.165, 1.54) is 109 Å². The van der Waals surface area contributed by atoms with E-state index in [4.69, 9.17) is 18.9 Å².